The molecule has 5 nitrogen and oxygen atoms in total. The number of urea groups is 1. The molecule has 0 bridgehead atoms. The number of rotatable bonds is 7. The number of ether oxygens (including phenoxy) is 2. The molecular weight excluding hydrogens is 436 g/mol. The maximum absolute atomic E-state index is 13.8. The van der Waals surface area contributed by atoms with Crippen LogP contribution in [0.25, 0.3) is 0 Å². The zero-order valence-electron chi connectivity index (χ0n) is 21.9. The fourth-order valence-corrected chi connectivity index (χ4v) is 6.21. The van der Waals surface area contributed by atoms with E-state index in [-0.39, 0.29) is 12.1 Å². The fraction of sp³-hybridized carbons (Fsp3) is 0.567. The van der Waals surface area contributed by atoms with Gasteiger partial charge in [-0.3, -0.25) is 0 Å². The Balaban J connectivity index is 1.54. The molecule has 0 aromatic heterocycles. The lowest BCUT2D eigenvalue weighted by Gasteiger charge is -2.40. The second kappa shape index (κ2) is 11.8. The summed E-state index contributed by atoms with van der Waals surface area (Å²) in [5, 5.41) is 3.25. The number of nitrogens with one attached hydrogen (secondary N) is 1. The van der Waals surface area contributed by atoms with Crippen molar-refractivity contribution < 1.29 is 14.3 Å². The van der Waals surface area contributed by atoms with Crippen LogP contribution in [-0.4, -0.2) is 31.2 Å². The van der Waals surface area contributed by atoms with Crippen molar-refractivity contribution in [3.63, 3.8) is 0 Å². The number of methoxy groups -OCH3 is 2. The van der Waals surface area contributed by atoms with E-state index in [0.29, 0.717) is 6.54 Å². The van der Waals surface area contributed by atoms with Gasteiger partial charge in [-0.05, 0) is 74.6 Å². The zero-order chi connectivity index (χ0) is 24.8. The van der Waals surface area contributed by atoms with Gasteiger partial charge >= 0.3 is 6.03 Å². The van der Waals surface area contributed by atoms with Crippen LogP contribution < -0.4 is 14.8 Å². The Morgan fingerprint density at radius 2 is 1.54 bits per heavy atom. The Hall–Kier alpha value is -2.69. The van der Waals surface area contributed by atoms with Crippen LogP contribution in [0, 0.1) is 25.7 Å². The van der Waals surface area contributed by atoms with Gasteiger partial charge in [0.2, 0.25) is 0 Å². The maximum Gasteiger partial charge on any atom is 0.322 e. The first-order valence-electron chi connectivity index (χ1n) is 13.3. The van der Waals surface area contributed by atoms with Crippen molar-refractivity contribution in [3.8, 4) is 11.5 Å². The number of nitrogens with zero attached hydrogens (tertiary/aromatic N) is 1. The fourth-order valence-electron chi connectivity index (χ4n) is 6.21. The third-order valence-corrected chi connectivity index (χ3v) is 8.31. The summed E-state index contributed by atoms with van der Waals surface area (Å²) in [5.41, 5.74) is 4.09. The van der Waals surface area contributed by atoms with Crippen molar-refractivity contribution in [1.82, 2.24) is 4.90 Å². The third kappa shape index (κ3) is 6.12. The van der Waals surface area contributed by atoms with Crippen molar-refractivity contribution >= 4 is 11.7 Å². The predicted molar refractivity (Wildman–Crippen MR) is 142 cm³/mol. The molecule has 0 unspecified atom stereocenters. The molecule has 0 radical (unpaired) electrons. The van der Waals surface area contributed by atoms with Crippen LogP contribution in [0.2, 0.25) is 0 Å². The van der Waals surface area contributed by atoms with E-state index in [2.05, 4.69) is 31.3 Å². The largest absolute Gasteiger partial charge is 0.497 e. The van der Waals surface area contributed by atoms with Gasteiger partial charge in [0, 0.05) is 23.4 Å². The van der Waals surface area contributed by atoms with Crippen molar-refractivity contribution in [2.24, 2.45) is 11.8 Å². The summed E-state index contributed by atoms with van der Waals surface area (Å²) in [7, 11) is 3.33. The van der Waals surface area contributed by atoms with E-state index in [1.54, 1.807) is 14.2 Å². The van der Waals surface area contributed by atoms with Crippen molar-refractivity contribution in [3.05, 3.63) is 53.1 Å². The molecule has 2 aromatic rings. The van der Waals surface area contributed by atoms with Gasteiger partial charge in [-0.1, -0.05) is 50.3 Å². The molecule has 0 heterocycles. The first kappa shape index (κ1) is 25.4. The molecule has 2 fully saturated rings. The number of amides is 2. The highest BCUT2D eigenvalue weighted by molar-refractivity contribution is 5.91. The summed E-state index contributed by atoms with van der Waals surface area (Å²) in [5.74, 6) is 3.23. The molecule has 2 aromatic carbocycles. The van der Waals surface area contributed by atoms with E-state index >= 15 is 0 Å². The van der Waals surface area contributed by atoms with E-state index in [4.69, 9.17) is 9.47 Å². The minimum atomic E-state index is -0.0265. The topological polar surface area (TPSA) is 50.8 Å². The summed E-state index contributed by atoms with van der Waals surface area (Å²) >= 11 is 0. The molecule has 0 spiro atoms. The van der Waals surface area contributed by atoms with Gasteiger partial charge in [0.15, 0.2) is 0 Å². The van der Waals surface area contributed by atoms with Crippen molar-refractivity contribution in [2.45, 2.75) is 84.2 Å². The summed E-state index contributed by atoms with van der Waals surface area (Å²) in [6.45, 7) is 4.62. The summed E-state index contributed by atoms with van der Waals surface area (Å²) in [4.78, 5) is 15.8. The Bertz CT molecular complexity index is 971. The van der Waals surface area contributed by atoms with Crippen LogP contribution in [0.5, 0.6) is 11.5 Å². The highest BCUT2D eigenvalue weighted by Gasteiger charge is 2.33. The second-order valence-electron chi connectivity index (χ2n) is 10.5. The molecule has 4 rings (SSSR count). The van der Waals surface area contributed by atoms with E-state index < -0.39 is 0 Å². The average Bonchev–Trinajstić information content (AvgIpc) is 2.90. The highest BCUT2D eigenvalue weighted by Crippen LogP contribution is 2.40. The van der Waals surface area contributed by atoms with Gasteiger partial charge in [0.05, 0.1) is 20.8 Å². The highest BCUT2D eigenvalue weighted by atomic mass is 16.5. The Labute approximate surface area is 211 Å². The van der Waals surface area contributed by atoms with Gasteiger partial charge in [0.25, 0.3) is 0 Å². The van der Waals surface area contributed by atoms with Crippen LogP contribution in [0.1, 0.15) is 74.5 Å². The number of aryl methyl sites for hydroxylation is 2. The lowest BCUT2D eigenvalue weighted by atomic mass is 9.72. The number of benzene rings is 2. The van der Waals surface area contributed by atoms with Gasteiger partial charge in [-0.2, -0.15) is 0 Å². The number of anilines is 1. The summed E-state index contributed by atoms with van der Waals surface area (Å²) in [6, 6.07) is 12.2. The lowest BCUT2D eigenvalue weighted by molar-refractivity contribution is 0.120. The monoisotopic (exact) mass is 478 g/mol. The van der Waals surface area contributed by atoms with E-state index in [0.717, 1.165) is 58.6 Å². The molecule has 1 N–H and O–H groups in total. The Morgan fingerprint density at radius 3 is 2.17 bits per heavy atom. The molecule has 35 heavy (non-hydrogen) atoms. The predicted octanol–water partition coefficient (Wildman–Crippen LogP) is 7.49. The summed E-state index contributed by atoms with van der Waals surface area (Å²) < 4.78 is 11.1. The van der Waals surface area contributed by atoms with Crippen molar-refractivity contribution in [2.75, 3.05) is 19.5 Å². The molecule has 0 saturated heterocycles. The van der Waals surface area contributed by atoms with Crippen molar-refractivity contribution in [1.29, 1.82) is 0 Å². The van der Waals surface area contributed by atoms with Crippen LogP contribution in [0.15, 0.2) is 36.4 Å². The SMILES string of the molecule is COc1ccc(CN(C(=O)Nc2c(C)cccc2C)C2CCC(C3CCCCC3)CC2)c(OC)c1. The number of carbonyl (C=O) groups is 1. The normalized spacial score (nSPS) is 20.8. The molecule has 2 saturated carbocycles. The smallest absolute Gasteiger partial charge is 0.322 e. The molecule has 2 aliphatic carbocycles. The number of carbonyl (C=O) groups excluding carboxylic acids is 1. The quantitative estimate of drug-likeness (QED) is 0.448. The van der Waals surface area contributed by atoms with Crippen LogP contribution >= 0.6 is 0 Å². The van der Waals surface area contributed by atoms with Crippen LogP contribution in [0.4, 0.5) is 10.5 Å². The van der Waals surface area contributed by atoms with Gasteiger partial charge in [-0.15, -0.1) is 0 Å². The van der Waals surface area contributed by atoms with Gasteiger partial charge in [0.1, 0.15) is 11.5 Å². The number of hydrogen-bond donors (Lipinski definition) is 1. The number of para-hydroxylation sites is 1. The standard InChI is InChI=1S/C30H42N2O3/c1-21-9-8-10-22(2)29(21)31-30(33)32(20-25-15-18-27(34-3)19-28(25)35-4)26-16-13-24(14-17-26)23-11-6-5-7-12-23/h8-10,15,18-19,23-24,26H,5-7,11-14,16-17,20H2,1-4H3,(H,31,33). The van der Waals surface area contributed by atoms with E-state index in [9.17, 15) is 4.79 Å². The third-order valence-electron chi connectivity index (χ3n) is 8.31. The molecule has 0 aliphatic heterocycles. The lowest BCUT2D eigenvalue weighted by Crippen LogP contribution is -2.45. The van der Waals surface area contributed by atoms with Crippen LogP contribution in [0.3, 0.4) is 0 Å². The summed E-state index contributed by atoms with van der Waals surface area (Å²) in [6.07, 6.45) is 11.6. The number of hydrogen-bond acceptors (Lipinski definition) is 3. The maximum atomic E-state index is 13.8. The molecule has 190 valence electrons. The Kier molecular flexibility index (Phi) is 8.59. The van der Waals surface area contributed by atoms with Gasteiger partial charge < -0.3 is 19.7 Å². The van der Waals surface area contributed by atoms with E-state index in [1.807, 2.05) is 29.2 Å². The molecule has 0 atom stereocenters. The first-order chi connectivity index (χ1) is 17.0. The molecule has 5 heteroatoms. The molecule has 2 aliphatic rings. The zero-order valence-corrected chi connectivity index (χ0v) is 21.9. The van der Waals surface area contributed by atoms with E-state index in [1.165, 1.54) is 44.9 Å². The first-order valence-corrected chi connectivity index (χ1v) is 13.3. The average molecular weight is 479 g/mol. The minimum absolute atomic E-state index is 0.0265. The molecular formula is C30H42N2O3. The Morgan fingerprint density at radius 1 is 0.886 bits per heavy atom. The second-order valence-corrected chi connectivity index (χ2v) is 10.5. The minimum Gasteiger partial charge on any atom is -0.497 e. The molecule has 2 amide bonds. The van der Waals surface area contributed by atoms with Crippen LogP contribution in [-0.2, 0) is 6.54 Å². The van der Waals surface area contributed by atoms with Gasteiger partial charge in [-0.25, -0.2) is 4.79 Å².